The van der Waals surface area contributed by atoms with Gasteiger partial charge in [0.25, 0.3) is 0 Å². The van der Waals surface area contributed by atoms with Crippen LogP contribution in [0.4, 0.5) is 0 Å². The fourth-order valence-corrected chi connectivity index (χ4v) is 5.87. The lowest BCUT2D eigenvalue weighted by atomic mass is 10.1. The van der Waals surface area contributed by atoms with Crippen molar-refractivity contribution in [3.05, 3.63) is 24.2 Å². The molecule has 0 amide bonds. The van der Waals surface area contributed by atoms with Crippen molar-refractivity contribution in [3.63, 3.8) is 0 Å². The normalized spacial score (nSPS) is 20.9. The average Bonchev–Trinajstić information content (AvgIpc) is 3.41. The fourth-order valence-electron chi connectivity index (χ4n) is 4.12. The number of rotatable bonds is 9. The number of nitrogens with zero attached hydrogens (tertiary/aromatic N) is 2. The third-order valence-corrected chi connectivity index (χ3v) is 7.73. The van der Waals surface area contributed by atoms with Gasteiger partial charge in [-0.1, -0.05) is 26.2 Å². The first-order chi connectivity index (χ1) is 14.1. The maximum Gasteiger partial charge on any atom is 0.216 e. The molecule has 1 aromatic rings. The highest BCUT2D eigenvalue weighted by Crippen LogP contribution is 2.22. The molecule has 30 heavy (non-hydrogen) atoms. The highest BCUT2D eigenvalue weighted by molar-refractivity contribution is 14.0. The largest absolute Gasteiger partial charge is 0.469 e. The Kier molecular flexibility index (Phi) is 10.9. The molecule has 7 nitrogen and oxygen atoms in total. The van der Waals surface area contributed by atoms with Gasteiger partial charge < -0.3 is 14.6 Å². The smallest absolute Gasteiger partial charge is 0.216 e. The minimum atomic E-state index is -3.30. The second-order valence-corrected chi connectivity index (χ2v) is 10.2. The Hall–Kier alpha value is -0.810. The number of guanidine groups is 1. The van der Waals surface area contributed by atoms with Gasteiger partial charge in [0, 0.05) is 38.6 Å². The Morgan fingerprint density at radius 2 is 2.07 bits per heavy atom. The summed E-state index contributed by atoms with van der Waals surface area (Å²) in [5.41, 5.74) is 0. The Bertz CT molecular complexity index is 733. The summed E-state index contributed by atoms with van der Waals surface area (Å²) in [6, 6.07) is 3.98. The molecule has 1 aliphatic carbocycles. The van der Waals surface area contributed by atoms with E-state index in [0.29, 0.717) is 19.5 Å². The molecule has 1 saturated heterocycles. The van der Waals surface area contributed by atoms with Crippen LogP contribution in [0.25, 0.3) is 0 Å². The number of piperidine rings is 1. The summed E-state index contributed by atoms with van der Waals surface area (Å²) in [6.07, 6.45) is 10.3. The van der Waals surface area contributed by atoms with Crippen molar-refractivity contribution in [2.45, 2.75) is 76.0 Å². The number of aliphatic imine (C=N–C) groups is 1. The van der Waals surface area contributed by atoms with Gasteiger partial charge in [0.2, 0.25) is 10.0 Å². The second kappa shape index (κ2) is 12.9. The molecule has 0 radical (unpaired) electrons. The van der Waals surface area contributed by atoms with Crippen LogP contribution in [-0.4, -0.2) is 56.7 Å². The Balaban J connectivity index is 0.00000320. The van der Waals surface area contributed by atoms with Crippen LogP contribution in [0.3, 0.4) is 0 Å². The van der Waals surface area contributed by atoms with Gasteiger partial charge >= 0.3 is 0 Å². The maximum atomic E-state index is 12.9. The van der Waals surface area contributed by atoms with E-state index in [9.17, 15) is 8.42 Å². The second-order valence-electron chi connectivity index (χ2n) is 8.17. The van der Waals surface area contributed by atoms with E-state index in [2.05, 4.69) is 21.9 Å². The first-order valence-corrected chi connectivity index (χ1v) is 12.7. The SMILES string of the molecule is CCCCN=C(NCCc1ccco1)N1CCCC(S(=O)(=O)NC2CCCC2)C1.I. The number of hydrogen-bond donors (Lipinski definition) is 2. The number of furan rings is 1. The van der Waals surface area contributed by atoms with Crippen molar-refractivity contribution in [2.24, 2.45) is 4.99 Å². The van der Waals surface area contributed by atoms with E-state index in [1.807, 2.05) is 12.1 Å². The van der Waals surface area contributed by atoms with E-state index >= 15 is 0 Å². The molecule has 0 bridgehead atoms. The standard InChI is InChI=1S/C21H36N4O3S.HI/c1-2-3-13-22-21(23-14-12-19-10-7-16-28-19)25-15-6-11-20(17-25)29(26,27)24-18-8-4-5-9-18;/h7,10,16,18,20,24H,2-6,8-9,11-15,17H2,1H3,(H,22,23);1H. The van der Waals surface area contributed by atoms with E-state index in [4.69, 9.17) is 9.41 Å². The van der Waals surface area contributed by atoms with Gasteiger partial charge in [-0.2, -0.15) is 0 Å². The van der Waals surface area contributed by atoms with Crippen LogP contribution in [0.2, 0.25) is 0 Å². The van der Waals surface area contributed by atoms with E-state index in [1.165, 1.54) is 0 Å². The van der Waals surface area contributed by atoms with Gasteiger partial charge in [0.1, 0.15) is 5.76 Å². The number of hydrogen-bond acceptors (Lipinski definition) is 4. The van der Waals surface area contributed by atoms with Gasteiger partial charge in [-0.3, -0.25) is 4.99 Å². The minimum Gasteiger partial charge on any atom is -0.469 e. The third kappa shape index (κ3) is 7.71. The third-order valence-electron chi connectivity index (χ3n) is 5.81. The maximum absolute atomic E-state index is 12.9. The summed E-state index contributed by atoms with van der Waals surface area (Å²) in [7, 11) is -3.30. The van der Waals surface area contributed by atoms with Crippen LogP contribution < -0.4 is 10.0 Å². The molecule has 1 aromatic heterocycles. The molecule has 2 fully saturated rings. The Labute approximate surface area is 198 Å². The lowest BCUT2D eigenvalue weighted by molar-refractivity contribution is 0.328. The molecule has 2 aliphatic rings. The van der Waals surface area contributed by atoms with Gasteiger partial charge in [0.15, 0.2) is 5.96 Å². The number of halogens is 1. The van der Waals surface area contributed by atoms with Gasteiger partial charge in [-0.25, -0.2) is 13.1 Å². The first-order valence-electron chi connectivity index (χ1n) is 11.2. The molecule has 1 aliphatic heterocycles. The predicted octanol–water partition coefficient (Wildman–Crippen LogP) is 3.51. The number of nitrogens with one attached hydrogen (secondary N) is 2. The van der Waals surface area contributed by atoms with Crippen molar-refractivity contribution >= 4 is 40.0 Å². The van der Waals surface area contributed by atoms with E-state index in [0.717, 1.165) is 76.2 Å². The van der Waals surface area contributed by atoms with E-state index in [1.54, 1.807) is 6.26 Å². The summed E-state index contributed by atoms with van der Waals surface area (Å²) in [6.45, 7) is 4.97. The zero-order valence-corrected chi connectivity index (χ0v) is 21.2. The van der Waals surface area contributed by atoms with Crippen LogP contribution in [0.15, 0.2) is 27.8 Å². The van der Waals surface area contributed by atoms with Crippen molar-refractivity contribution < 1.29 is 12.8 Å². The Morgan fingerprint density at radius 1 is 1.27 bits per heavy atom. The van der Waals surface area contributed by atoms with Gasteiger partial charge in [-0.05, 0) is 44.2 Å². The minimum absolute atomic E-state index is 0. The topological polar surface area (TPSA) is 86.9 Å². The molecule has 3 rings (SSSR count). The van der Waals surface area contributed by atoms with Crippen LogP contribution in [0, 0.1) is 0 Å². The van der Waals surface area contributed by atoms with E-state index in [-0.39, 0.29) is 35.3 Å². The lowest BCUT2D eigenvalue weighted by Gasteiger charge is -2.35. The predicted molar refractivity (Wildman–Crippen MR) is 132 cm³/mol. The molecule has 1 saturated carbocycles. The summed E-state index contributed by atoms with van der Waals surface area (Å²) >= 11 is 0. The highest BCUT2D eigenvalue weighted by Gasteiger charge is 2.34. The monoisotopic (exact) mass is 552 g/mol. The molecule has 1 atom stereocenters. The molecule has 9 heteroatoms. The zero-order valence-electron chi connectivity index (χ0n) is 18.0. The molecule has 2 N–H and O–H groups in total. The molecular weight excluding hydrogens is 515 g/mol. The average molecular weight is 553 g/mol. The zero-order chi connectivity index (χ0) is 20.5. The van der Waals surface area contributed by atoms with Crippen LogP contribution >= 0.6 is 24.0 Å². The summed E-state index contributed by atoms with van der Waals surface area (Å²) < 4.78 is 34.2. The molecule has 172 valence electrons. The van der Waals surface area contributed by atoms with Crippen LogP contribution in [-0.2, 0) is 16.4 Å². The molecule has 2 heterocycles. The fraction of sp³-hybridized carbons (Fsp3) is 0.762. The quantitative estimate of drug-likeness (QED) is 0.212. The number of likely N-dealkylation sites (tertiary alicyclic amines) is 1. The molecule has 0 spiro atoms. The van der Waals surface area contributed by atoms with Crippen molar-refractivity contribution in [1.29, 1.82) is 0 Å². The first kappa shape index (κ1) is 25.5. The van der Waals surface area contributed by atoms with Crippen LogP contribution in [0.1, 0.15) is 64.1 Å². The number of unbranched alkanes of at least 4 members (excludes halogenated alkanes) is 1. The molecule has 1 unspecified atom stereocenters. The number of sulfonamides is 1. The lowest BCUT2D eigenvalue weighted by Crippen LogP contribution is -2.53. The Morgan fingerprint density at radius 3 is 2.77 bits per heavy atom. The molecule has 0 aromatic carbocycles. The highest BCUT2D eigenvalue weighted by atomic mass is 127. The van der Waals surface area contributed by atoms with Gasteiger partial charge in [-0.15, -0.1) is 24.0 Å². The van der Waals surface area contributed by atoms with E-state index < -0.39 is 10.0 Å². The van der Waals surface area contributed by atoms with Crippen molar-refractivity contribution in [3.8, 4) is 0 Å². The summed E-state index contributed by atoms with van der Waals surface area (Å²) in [4.78, 5) is 6.89. The summed E-state index contributed by atoms with van der Waals surface area (Å²) in [5, 5.41) is 3.06. The molecular formula is C21H37IN4O3S. The summed E-state index contributed by atoms with van der Waals surface area (Å²) in [5.74, 6) is 1.76. The van der Waals surface area contributed by atoms with Crippen LogP contribution in [0.5, 0.6) is 0 Å². The van der Waals surface area contributed by atoms with Crippen molar-refractivity contribution in [2.75, 3.05) is 26.2 Å². The van der Waals surface area contributed by atoms with Gasteiger partial charge in [0.05, 0.1) is 11.5 Å². The van der Waals surface area contributed by atoms with Crippen molar-refractivity contribution in [1.82, 2.24) is 14.9 Å².